The van der Waals surface area contributed by atoms with Crippen LogP contribution in [-0.2, 0) is 16.1 Å². The second-order valence-electron chi connectivity index (χ2n) is 8.41. The number of hydrogen-bond donors (Lipinski definition) is 1. The predicted molar refractivity (Wildman–Crippen MR) is 100 cm³/mol. The number of piperidine rings is 1. The van der Waals surface area contributed by atoms with E-state index in [-0.39, 0.29) is 11.3 Å². The van der Waals surface area contributed by atoms with Gasteiger partial charge in [0.15, 0.2) is 0 Å². The van der Waals surface area contributed by atoms with Gasteiger partial charge in [-0.25, -0.2) is 0 Å². The van der Waals surface area contributed by atoms with Gasteiger partial charge in [0.05, 0.1) is 7.11 Å². The summed E-state index contributed by atoms with van der Waals surface area (Å²) < 4.78 is 5.29. The van der Waals surface area contributed by atoms with E-state index in [0.29, 0.717) is 18.9 Å². The van der Waals surface area contributed by atoms with E-state index in [1.165, 1.54) is 0 Å². The molecular weight excluding hydrogens is 344 g/mol. The molecule has 27 heavy (non-hydrogen) atoms. The molecule has 1 atom stereocenters. The van der Waals surface area contributed by atoms with Gasteiger partial charge < -0.3 is 14.7 Å². The number of carbonyl (C=O) groups excluding carboxylic acids is 1. The number of ether oxygens (including phenoxy) is 1. The number of carbonyl (C=O) groups is 2. The molecule has 146 valence electrons. The number of likely N-dealkylation sites (tertiary alicyclic amines) is 2. The molecule has 3 fully saturated rings. The Morgan fingerprint density at radius 2 is 2.00 bits per heavy atom. The largest absolute Gasteiger partial charge is 0.497 e. The quantitative estimate of drug-likeness (QED) is 0.859. The number of hydrogen-bond acceptors (Lipinski definition) is 4. The molecule has 1 spiro atoms. The summed E-state index contributed by atoms with van der Waals surface area (Å²) in [6.07, 6.45) is 4.57. The van der Waals surface area contributed by atoms with Gasteiger partial charge in [-0.3, -0.25) is 14.5 Å². The van der Waals surface area contributed by atoms with Crippen LogP contribution >= 0.6 is 0 Å². The third kappa shape index (κ3) is 3.81. The van der Waals surface area contributed by atoms with Crippen LogP contribution in [0, 0.1) is 11.3 Å². The van der Waals surface area contributed by atoms with Crippen molar-refractivity contribution in [1.29, 1.82) is 0 Å². The summed E-state index contributed by atoms with van der Waals surface area (Å²) in [5, 5.41) is 9.77. The first-order valence-corrected chi connectivity index (χ1v) is 9.88. The average Bonchev–Trinajstić information content (AvgIpc) is 3.46. The van der Waals surface area contributed by atoms with Crippen molar-refractivity contribution in [3.05, 3.63) is 29.8 Å². The number of methoxy groups -OCH3 is 1. The first-order valence-electron chi connectivity index (χ1n) is 9.88. The number of carboxylic acid groups (broad SMARTS) is 1. The number of amides is 1. The van der Waals surface area contributed by atoms with Gasteiger partial charge in [0.2, 0.25) is 5.91 Å². The summed E-state index contributed by atoms with van der Waals surface area (Å²) in [5.74, 6) is 0.622. The van der Waals surface area contributed by atoms with Crippen molar-refractivity contribution < 1.29 is 19.4 Å². The smallest absolute Gasteiger partial charge is 0.320 e. The first-order chi connectivity index (χ1) is 13.0. The Hall–Kier alpha value is -2.08. The number of rotatable bonds is 5. The van der Waals surface area contributed by atoms with Crippen LogP contribution in [0.5, 0.6) is 5.75 Å². The van der Waals surface area contributed by atoms with E-state index < -0.39 is 12.0 Å². The van der Waals surface area contributed by atoms with Crippen LogP contribution in [-0.4, -0.2) is 59.6 Å². The molecule has 0 bridgehead atoms. The fraction of sp³-hybridized carbons (Fsp3) is 0.619. The van der Waals surface area contributed by atoms with Crippen molar-refractivity contribution in [2.75, 3.05) is 26.7 Å². The first kappa shape index (κ1) is 18.3. The zero-order valence-corrected chi connectivity index (χ0v) is 15.9. The SMILES string of the molecule is COc1cccc(CN2CC3(CCN(C(=O)C4CC4)CC3)CC2C(=O)O)c1. The molecule has 4 rings (SSSR count). The van der Waals surface area contributed by atoms with Crippen molar-refractivity contribution in [2.24, 2.45) is 11.3 Å². The predicted octanol–water partition coefficient (Wildman–Crippen LogP) is 2.37. The second-order valence-corrected chi connectivity index (χ2v) is 8.41. The average molecular weight is 372 g/mol. The van der Waals surface area contributed by atoms with E-state index in [1.54, 1.807) is 7.11 Å². The highest BCUT2D eigenvalue weighted by atomic mass is 16.5. The van der Waals surface area contributed by atoms with Gasteiger partial charge in [0, 0.05) is 32.1 Å². The molecule has 1 unspecified atom stereocenters. The number of nitrogens with zero attached hydrogens (tertiary/aromatic N) is 2. The van der Waals surface area contributed by atoms with Crippen LogP contribution < -0.4 is 4.74 Å². The molecule has 1 aliphatic carbocycles. The molecule has 0 aromatic heterocycles. The molecule has 1 aromatic carbocycles. The molecule has 2 heterocycles. The molecule has 2 saturated heterocycles. The number of aliphatic carboxylic acids is 1. The molecule has 1 saturated carbocycles. The van der Waals surface area contributed by atoms with E-state index in [2.05, 4.69) is 4.90 Å². The van der Waals surface area contributed by atoms with Gasteiger partial charge in [-0.15, -0.1) is 0 Å². The van der Waals surface area contributed by atoms with E-state index in [1.807, 2.05) is 29.2 Å². The third-order valence-corrected chi connectivity index (χ3v) is 6.47. The fourth-order valence-electron chi connectivity index (χ4n) is 4.71. The molecule has 2 aliphatic heterocycles. The van der Waals surface area contributed by atoms with Crippen LogP contribution in [0.3, 0.4) is 0 Å². The Balaban J connectivity index is 1.44. The maximum atomic E-state index is 12.3. The summed E-state index contributed by atoms with van der Waals surface area (Å²) in [7, 11) is 1.64. The van der Waals surface area contributed by atoms with Crippen molar-refractivity contribution in [3.8, 4) is 5.75 Å². The maximum Gasteiger partial charge on any atom is 0.320 e. The molecular formula is C21H28N2O4. The Bertz CT molecular complexity index is 723. The standard InChI is InChI=1S/C21H28N2O4/c1-27-17-4-2-3-15(11-17)13-23-14-21(12-18(23)20(25)26)7-9-22(10-8-21)19(24)16-5-6-16/h2-4,11,16,18H,5-10,12-14H2,1H3,(H,25,26). The number of carboxylic acids is 1. The summed E-state index contributed by atoms with van der Waals surface area (Å²) in [4.78, 5) is 28.3. The lowest BCUT2D eigenvalue weighted by Gasteiger charge is -2.39. The van der Waals surface area contributed by atoms with Gasteiger partial charge in [0.25, 0.3) is 0 Å². The Labute approximate surface area is 160 Å². The minimum absolute atomic E-state index is 0.0161. The van der Waals surface area contributed by atoms with Crippen LogP contribution in [0.25, 0.3) is 0 Å². The Morgan fingerprint density at radius 3 is 2.63 bits per heavy atom. The zero-order chi connectivity index (χ0) is 19.0. The van der Waals surface area contributed by atoms with Gasteiger partial charge in [-0.2, -0.15) is 0 Å². The van der Waals surface area contributed by atoms with Crippen LogP contribution in [0.15, 0.2) is 24.3 Å². The Morgan fingerprint density at radius 1 is 1.26 bits per heavy atom. The zero-order valence-electron chi connectivity index (χ0n) is 15.9. The van der Waals surface area contributed by atoms with Crippen molar-refractivity contribution in [1.82, 2.24) is 9.80 Å². The highest BCUT2D eigenvalue weighted by molar-refractivity contribution is 5.81. The highest BCUT2D eigenvalue weighted by Crippen LogP contribution is 2.45. The lowest BCUT2D eigenvalue weighted by molar-refractivity contribution is -0.142. The van der Waals surface area contributed by atoms with Gasteiger partial charge in [-0.1, -0.05) is 12.1 Å². The summed E-state index contributed by atoms with van der Waals surface area (Å²) >= 11 is 0. The maximum absolute atomic E-state index is 12.3. The molecule has 6 heteroatoms. The number of benzene rings is 1. The van der Waals surface area contributed by atoms with E-state index in [9.17, 15) is 14.7 Å². The fourth-order valence-corrected chi connectivity index (χ4v) is 4.71. The topological polar surface area (TPSA) is 70.1 Å². The molecule has 0 radical (unpaired) electrons. The van der Waals surface area contributed by atoms with Crippen molar-refractivity contribution >= 4 is 11.9 Å². The molecule has 1 amide bonds. The van der Waals surface area contributed by atoms with Crippen LogP contribution in [0.2, 0.25) is 0 Å². The molecule has 6 nitrogen and oxygen atoms in total. The molecule has 1 aromatic rings. The lowest BCUT2D eigenvalue weighted by atomic mass is 9.76. The van der Waals surface area contributed by atoms with Crippen molar-refractivity contribution in [2.45, 2.75) is 44.7 Å². The normalized spacial score (nSPS) is 24.9. The molecule has 3 aliphatic rings. The molecule has 1 N–H and O–H groups in total. The van der Waals surface area contributed by atoms with Gasteiger partial charge >= 0.3 is 5.97 Å². The van der Waals surface area contributed by atoms with E-state index in [0.717, 1.165) is 56.6 Å². The monoisotopic (exact) mass is 372 g/mol. The van der Waals surface area contributed by atoms with E-state index >= 15 is 0 Å². The second kappa shape index (κ2) is 7.15. The summed E-state index contributed by atoms with van der Waals surface area (Å²) in [6, 6.07) is 7.37. The minimum Gasteiger partial charge on any atom is -0.497 e. The Kier molecular flexibility index (Phi) is 4.84. The summed E-state index contributed by atoms with van der Waals surface area (Å²) in [6.45, 7) is 2.94. The van der Waals surface area contributed by atoms with Crippen LogP contribution in [0.4, 0.5) is 0 Å². The lowest BCUT2D eigenvalue weighted by Crippen LogP contribution is -2.44. The third-order valence-electron chi connectivity index (χ3n) is 6.47. The van der Waals surface area contributed by atoms with E-state index in [4.69, 9.17) is 4.74 Å². The highest BCUT2D eigenvalue weighted by Gasteiger charge is 2.49. The van der Waals surface area contributed by atoms with Crippen LogP contribution in [0.1, 0.15) is 37.7 Å². The minimum atomic E-state index is -0.744. The van der Waals surface area contributed by atoms with Crippen molar-refractivity contribution in [3.63, 3.8) is 0 Å². The summed E-state index contributed by atoms with van der Waals surface area (Å²) in [5.41, 5.74) is 1.08. The van der Waals surface area contributed by atoms with Gasteiger partial charge in [-0.05, 0) is 55.2 Å². The van der Waals surface area contributed by atoms with Gasteiger partial charge in [0.1, 0.15) is 11.8 Å².